The van der Waals surface area contributed by atoms with E-state index in [4.69, 9.17) is 9.47 Å². The molecule has 0 atom stereocenters. The fourth-order valence-corrected chi connectivity index (χ4v) is 3.82. The van der Waals surface area contributed by atoms with Crippen LogP contribution in [0.4, 0.5) is 17.2 Å². The summed E-state index contributed by atoms with van der Waals surface area (Å²) in [5.74, 6) is 2.69. The smallest absolute Gasteiger partial charge is 0.227 e. The van der Waals surface area contributed by atoms with Crippen LogP contribution in [0.3, 0.4) is 0 Å². The highest BCUT2D eigenvalue weighted by atomic mass is 16.5. The van der Waals surface area contributed by atoms with E-state index < -0.39 is 0 Å². The van der Waals surface area contributed by atoms with Gasteiger partial charge in [-0.25, -0.2) is 0 Å². The zero-order valence-corrected chi connectivity index (χ0v) is 20.1. The molecule has 1 aliphatic carbocycles. The number of nitrogens with zero attached hydrogens (tertiary/aromatic N) is 2. The van der Waals surface area contributed by atoms with Crippen molar-refractivity contribution in [2.45, 2.75) is 12.8 Å². The van der Waals surface area contributed by atoms with Crippen LogP contribution in [0.25, 0.3) is 21.8 Å². The number of hydrogen-bond donors (Lipinski definition) is 3. The Bertz CT molecular complexity index is 1490. The number of nitrogens with one attached hydrogen (secondary N) is 3. The molecule has 2 aromatic heterocycles. The van der Waals surface area contributed by atoms with Crippen LogP contribution in [0, 0.1) is 5.92 Å². The quantitative estimate of drug-likeness (QED) is 0.279. The van der Waals surface area contributed by atoms with Gasteiger partial charge in [0.05, 0.1) is 30.9 Å². The van der Waals surface area contributed by atoms with E-state index in [-0.39, 0.29) is 11.8 Å². The number of pyridine rings is 1. The molecular weight excluding hydrogens is 454 g/mol. The monoisotopic (exact) mass is 481 g/mol. The van der Waals surface area contributed by atoms with Gasteiger partial charge in [-0.15, -0.1) is 0 Å². The molecule has 0 radical (unpaired) electrons. The second kappa shape index (κ2) is 10.4. The number of hydrogen-bond acceptors (Lipinski definition) is 6. The summed E-state index contributed by atoms with van der Waals surface area (Å²) in [6, 6.07) is 23.2. The average molecular weight is 482 g/mol. The maximum atomic E-state index is 11.4. The minimum Gasteiger partial charge on any atom is -0.497 e. The number of aromatic nitrogens is 3. The van der Waals surface area contributed by atoms with E-state index in [9.17, 15) is 4.79 Å². The normalized spacial score (nSPS) is 12.5. The molecule has 1 saturated carbocycles. The summed E-state index contributed by atoms with van der Waals surface area (Å²) in [4.78, 5) is 15.7. The Morgan fingerprint density at radius 1 is 0.972 bits per heavy atom. The number of rotatable bonds is 6. The largest absolute Gasteiger partial charge is 0.497 e. The molecule has 1 amide bonds. The van der Waals surface area contributed by atoms with Crippen LogP contribution in [-0.4, -0.2) is 35.3 Å². The van der Waals surface area contributed by atoms with Crippen molar-refractivity contribution in [3.63, 3.8) is 0 Å². The van der Waals surface area contributed by atoms with Crippen LogP contribution in [0.1, 0.15) is 12.8 Å². The first-order valence-corrected chi connectivity index (χ1v) is 11.7. The molecule has 8 nitrogen and oxygen atoms in total. The maximum absolute atomic E-state index is 11.4. The molecule has 1 fully saturated rings. The Kier molecular flexibility index (Phi) is 6.66. The molecule has 0 aliphatic heterocycles. The number of fused-ring (bicyclic) bond motifs is 2. The van der Waals surface area contributed by atoms with E-state index in [0.717, 1.165) is 63.3 Å². The predicted molar refractivity (Wildman–Crippen MR) is 142 cm³/mol. The molecule has 6 rings (SSSR count). The van der Waals surface area contributed by atoms with E-state index in [0.29, 0.717) is 0 Å². The standard InChI is InChI=1S/C17H14N4O.C11H13NO2/c1-22-16-10-14-11(5-4-8-18-14)9-15(16)19-17-12-6-2-3-7-13(12)20-21-17;1-14-10-6-4-9(5-7-10)12-11(13)8-2-3-8/h2-10H,1H3,(H2,19,20,21);4-8H,2-3H2,1H3,(H,12,13). The van der Waals surface area contributed by atoms with Crippen LogP contribution in [-0.2, 0) is 4.79 Å². The number of H-pyrrole nitrogens is 1. The zero-order valence-electron chi connectivity index (χ0n) is 20.1. The predicted octanol–water partition coefficient (Wildman–Crippen LogP) is 5.91. The average Bonchev–Trinajstić information content (AvgIpc) is 3.71. The molecule has 2 heterocycles. The van der Waals surface area contributed by atoms with E-state index in [1.807, 2.05) is 72.8 Å². The topological polar surface area (TPSA) is 101 Å². The van der Waals surface area contributed by atoms with Gasteiger partial charge in [0.25, 0.3) is 0 Å². The maximum Gasteiger partial charge on any atom is 0.227 e. The van der Waals surface area contributed by atoms with Gasteiger partial charge >= 0.3 is 0 Å². The van der Waals surface area contributed by atoms with Crippen LogP contribution in [0.15, 0.2) is 79.0 Å². The summed E-state index contributed by atoms with van der Waals surface area (Å²) in [6.45, 7) is 0. The number of ether oxygens (including phenoxy) is 2. The third-order valence-electron chi connectivity index (χ3n) is 5.95. The van der Waals surface area contributed by atoms with Gasteiger partial charge in [-0.1, -0.05) is 18.2 Å². The van der Waals surface area contributed by atoms with Gasteiger partial charge in [-0.05, 0) is 61.4 Å². The molecule has 0 saturated heterocycles. The second-order valence-corrected chi connectivity index (χ2v) is 8.48. The molecule has 0 unspecified atom stereocenters. The van der Waals surface area contributed by atoms with Crippen molar-refractivity contribution in [3.05, 3.63) is 79.0 Å². The first kappa shape index (κ1) is 23.2. The van der Waals surface area contributed by atoms with Gasteiger partial charge in [0, 0.05) is 34.6 Å². The number of anilines is 3. The molecule has 3 N–H and O–H groups in total. The van der Waals surface area contributed by atoms with E-state index in [1.54, 1.807) is 20.4 Å². The van der Waals surface area contributed by atoms with Gasteiger partial charge in [0.1, 0.15) is 11.5 Å². The first-order valence-electron chi connectivity index (χ1n) is 11.7. The van der Waals surface area contributed by atoms with Crippen molar-refractivity contribution >= 4 is 44.9 Å². The summed E-state index contributed by atoms with van der Waals surface area (Å²) < 4.78 is 10.5. The van der Waals surface area contributed by atoms with Crippen LogP contribution in [0.5, 0.6) is 11.5 Å². The highest BCUT2D eigenvalue weighted by Gasteiger charge is 2.29. The number of carbonyl (C=O) groups is 1. The van der Waals surface area contributed by atoms with Gasteiger partial charge in [0.2, 0.25) is 5.91 Å². The van der Waals surface area contributed by atoms with Crippen molar-refractivity contribution in [2.24, 2.45) is 5.92 Å². The Hall–Kier alpha value is -4.59. The van der Waals surface area contributed by atoms with Gasteiger partial charge in [-0.3, -0.25) is 14.9 Å². The van der Waals surface area contributed by atoms with E-state index in [2.05, 4.69) is 25.8 Å². The summed E-state index contributed by atoms with van der Waals surface area (Å²) in [5, 5.41) is 15.6. The van der Waals surface area contributed by atoms with E-state index >= 15 is 0 Å². The highest BCUT2D eigenvalue weighted by molar-refractivity contribution is 5.94. The fourth-order valence-electron chi connectivity index (χ4n) is 3.82. The molecular formula is C28H27N5O3. The van der Waals surface area contributed by atoms with Crippen molar-refractivity contribution in [1.82, 2.24) is 15.2 Å². The second-order valence-electron chi connectivity index (χ2n) is 8.48. The third-order valence-corrected chi connectivity index (χ3v) is 5.95. The lowest BCUT2D eigenvalue weighted by atomic mass is 10.1. The minimum absolute atomic E-state index is 0.134. The summed E-state index contributed by atoms with van der Waals surface area (Å²) in [5.41, 5.74) is 3.59. The lowest BCUT2D eigenvalue weighted by Crippen LogP contribution is -2.12. The summed E-state index contributed by atoms with van der Waals surface area (Å²) >= 11 is 0. The fraction of sp³-hybridized carbons (Fsp3) is 0.179. The zero-order chi connectivity index (χ0) is 24.9. The van der Waals surface area contributed by atoms with Crippen LogP contribution < -0.4 is 20.1 Å². The SMILES string of the molecule is COc1cc2ncccc2cc1Nc1n[nH]c2ccccc12.COc1ccc(NC(=O)C2CC2)cc1. The van der Waals surface area contributed by atoms with Gasteiger partial charge < -0.3 is 20.1 Å². The van der Waals surface area contributed by atoms with Crippen molar-refractivity contribution in [3.8, 4) is 11.5 Å². The molecule has 182 valence electrons. The van der Waals surface area contributed by atoms with E-state index in [1.165, 1.54) is 0 Å². The summed E-state index contributed by atoms with van der Waals surface area (Å²) in [6.07, 6.45) is 3.83. The Morgan fingerprint density at radius 2 is 1.78 bits per heavy atom. The molecule has 0 spiro atoms. The number of amides is 1. The van der Waals surface area contributed by atoms with Crippen molar-refractivity contribution in [1.29, 1.82) is 0 Å². The molecule has 36 heavy (non-hydrogen) atoms. The molecule has 3 aromatic carbocycles. The number of aromatic amines is 1. The number of carbonyl (C=O) groups excluding carboxylic acids is 1. The minimum atomic E-state index is 0.134. The first-order chi connectivity index (χ1) is 17.6. The number of methoxy groups -OCH3 is 2. The molecule has 1 aliphatic rings. The molecule has 5 aromatic rings. The Morgan fingerprint density at radius 3 is 2.53 bits per heavy atom. The Balaban J connectivity index is 0.000000165. The van der Waals surface area contributed by atoms with Crippen LogP contribution >= 0.6 is 0 Å². The number of benzene rings is 3. The molecule has 8 heteroatoms. The summed E-state index contributed by atoms with van der Waals surface area (Å²) in [7, 11) is 3.27. The highest BCUT2D eigenvalue weighted by Crippen LogP contribution is 2.33. The lowest BCUT2D eigenvalue weighted by Gasteiger charge is -2.11. The van der Waals surface area contributed by atoms with Crippen LogP contribution in [0.2, 0.25) is 0 Å². The van der Waals surface area contributed by atoms with Gasteiger partial charge in [0.15, 0.2) is 5.82 Å². The van der Waals surface area contributed by atoms with Gasteiger partial charge in [-0.2, -0.15) is 5.10 Å². The number of para-hydroxylation sites is 1. The third kappa shape index (κ3) is 5.22. The Labute approximate surface area is 208 Å². The van der Waals surface area contributed by atoms with Crippen molar-refractivity contribution in [2.75, 3.05) is 24.9 Å². The van der Waals surface area contributed by atoms with Crippen molar-refractivity contribution < 1.29 is 14.3 Å². The molecule has 0 bridgehead atoms. The lowest BCUT2D eigenvalue weighted by molar-refractivity contribution is -0.117.